The van der Waals surface area contributed by atoms with Gasteiger partial charge in [-0.05, 0) is 32.0 Å². The molecule has 2 heterocycles. The van der Waals surface area contributed by atoms with Gasteiger partial charge in [-0.25, -0.2) is 0 Å². The van der Waals surface area contributed by atoms with E-state index in [0.29, 0.717) is 29.4 Å². The van der Waals surface area contributed by atoms with Crippen molar-refractivity contribution in [2.45, 2.75) is 31.2 Å². The van der Waals surface area contributed by atoms with E-state index in [-0.39, 0.29) is 0 Å². The Bertz CT molecular complexity index is 478. The first kappa shape index (κ1) is 10.5. The molecule has 0 spiro atoms. The lowest BCUT2D eigenvalue weighted by Gasteiger charge is -2.14. The van der Waals surface area contributed by atoms with Gasteiger partial charge in [0.1, 0.15) is 0 Å². The minimum absolute atomic E-state index is 0.330. The molecule has 5 nitrogen and oxygen atoms in total. The second kappa shape index (κ2) is 4.33. The molecule has 2 atom stereocenters. The number of furan rings is 1. The van der Waals surface area contributed by atoms with E-state index in [9.17, 15) is 0 Å². The Balaban J connectivity index is 1.85. The molecular formula is C12H15N3O2. The zero-order valence-corrected chi connectivity index (χ0v) is 9.72. The van der Waals surface area contributed by atoms with Crippen molar-refractivity contribution in [3.8, 4) is 11.6 Å². The Kier molecular flexibility index (Phi) is 2.68. The van der Waals surface area contributed by atoms with Crippen LogP contribution in [0.15, 0.2) is 27.3 Å². The molecule has 1 aliphatic carbocycles. The Morgan fingerprint density at radius 2 is 2.35 bits per heavy atom. The zero-order chi connectivity index (χ0) is 11.7. The number of hydrogen-bond acceptors (Lipinski definition) is 5. The molecule has 3 rings (SSSR count). The predicted molar refractivity (Wildman–Crippen MR) is 61.4 cm³/mol. The van der Waals surface area contributed by atoms with Gasteiger partial charge >= 0.3 is 0 Å². The number of aromatic nitrogens is 2. The third-order valence-corrected chi connectivity index (χ3v) is 3.39. The molecule has 17 heavy (non-hydrogen) atoms. The lowest BCUT2D eigenvalue weighted by Crippen LogP contribution is -2.27. The zero-order valence-electron chi connectivity index (χ0n) is 9.72. The molecular weight excluding hydrogens is 218 g/mol. The summed E-state index contributed by atoms with van der Waals surface area (Å²) in [5.41, 5.74) is 0. The van der Waals surface area contributed by atoms with Crippen LogP contribution in [0, 0.1) is 0 Å². The average Bonchev–Trinajstić information content (AvgIpc) is 3.09. The van der Waals surface area contributed by atoms with Gasteiger partial charge in [-0.3, -0.25) is 0 Å². The molecule has 2 aromatic rings. The third kappa shape index (κ3) is 1.86. The molecule has 0 bridgehead atoms. The summed E-state index contributed by atoms with van der Waals surface area (Å²) < 4.78 is 10.6. The Hall–Kier alpha value is -1.62. The molecule has 1 fully saturated rings. The van der Waals surface area contributed by atoms with Crippen molar-refractivity contribution in [1.82, 2.24) is 15.5 Å². The monoisotopic (exact) mass is 233 g/mol. The molecule has 1 aliphatic rings. The molecule has 0 saturated heterocycles. The molecule has 2 aromatic heterocycles. The van der Waals surface area contributed by atoms with Gasteiger partial charge in [-0.2, -0.15) is 4.98 Å². The van der Waals surface area contributed by atoms with Crippen molar-refractivity contribution in [2.75, 3.05) is 7.05 Å². The third-order valence-electron chi connectivity index (χ3n) is 3.39. The average molecular weight is 233 g/mol. The summed E-state index contributed by atoms with van der Waals surface area (Å²) in [6.07, 6.45) is 5.08. The Labute approximate surface area is 99.2 Å². The van der Waals surface area contributed by atoms with Crippen LogP contribution in [-0.2, 0) is 0 Å². The molecule has 0 aliphatic heterocycles. The summed E-state index contributed by atoms with van der Waals surface area (Å²) in [7, 11) is 1.98. The first-order chi connectivity index (χ1) is 8.38. The van der Waals surface area contributed by atoms with Crippen molar-refractivity contribution in [3.63, 3.8) is 0 Å². The maximum Gasteiger partial charge on any atom is 0.238 e. The minimum atomic E-state index is 0.330. The lowest BCUT2D eigenvalue weighted by molar-refractivity contribution is 0.335. The van der Waals surface area contributed by atoms with E-state index in [0.717, 1.165) is 6.42 Å². The van der Waals surface area contributed by atoms with Crippen LogP contribution in [0.5, 0.6) is 0 Å². The van der Waals surface area contributed by atoms with Gasteiger partial charge in [0.15, 0.2) is 5.76 Å². The fourth-order valence-electron chi connectivity index (χ4n) is 2.49. The first-order valence-electron chi connectivity index (χ1n) is 5.93. The highest BCUT2D eigenvalue weighted by Crippen LogP contribution is 2.34. The summed E-state index contributed by atoms with van der Waals surface area (Å²) >= 11 is 0. The number of rotatable bonds is 3. The highest BCUT2D eigenvalue weighted by Gasteiger charge is 2.32. The van der Waals surface area contributed by atoms with Crippen LogP contribution in [0.4, 0.5) is 0 Å². The minimum Gasteiger partial charge on any atom is -0.461 e. The van der Waals surface area contributed by atoms with E-state index in [4.69, 9.17) is 8.94 Å². The second-order valence-electron chi connectivity index (χ2n) is 4.37. The molecule has 0 radical (unpaired) electrons. The van der Waals surface area contributed by atoms with Crippen molar-refractivity contribution in [1.29, 1.82) is 0 Å². The first-order valence-corrected chi connectivity index (χ1v) is 5.93. The maximum absolute atomic E-state index is 5.34. The van der Waals surface area contributed by atoms with E-state index in [1.54, 1.807) is 6.26 Å². The van der Waals surface area contributed by atoms with Gasteiger partial charge in [0, 0.05) is 6.04 Å². The second-order valence-corrected chi connectivity index (χ2v) is 4.37. The predicted octanol–water partition coefficient (Wildman–Crippen LogP) is 2.19. The van der Waals surface area contributed by atoms with Crippen molar-refractivity contribution in [2.24, 2.45) is 0 Å². The number of nitrogens with zero attached hydrogens (tertiary/aromatic N) is 2. The van der Waals surface area contributed by atoms with Crippen LogP contribution >= 0.6 is 0 Å². The van der Waals surface area contributed by atoms with Crippen LogP contribution in [-0.4, -0.2) is 23.2 Å². The fraction of sp³-hybridized carbons (Fsp3) is 0.500. The largest absolute Gasteiger partial charge is 0.461 e. The summed E-state index contributed by atoms with van der Waals surface area (Å²) in [5, 5.41) is 7.27. The van der Waals surface area contributed by atoms with E-state index < -0.39 is 0 Å². The summed E-state index contributed by atoms with van der Waals surface area (Å²) in [5.74, 6) is 2.23. The molecule has 0 aromatic carbocycles. The highest BCUT2D eigenvalue weighted by molar-refractivity contribution is 5.44. The van der Waals surface area contributed by atoms with Crippen LogP contribution in [0.2, 0.25) is 0 Å². The van der Waals surface area contributed by atoms with Gasteiger partial charge in [0.2, 0.25) is 11.7 Å². The van der Waals surface area contributed by atoms with Crippen molar-refractivity contribution < 1.29 is 8.94 Å². The van der Waals surface area contributed by atoms with Gasteiger partial charge in [0.25, 0.3) is 0 Å². The van der Waals surface area contributed by atoms with Crippen LogP contribution in [0.3, 0.4) is 0 Å². The standard InChI is InChI=1S/C12H15N3O2/c1-13-9-5-2-4-8(9)12-14-11(15-17-12)10-6-3-7-16-10/h3,6-9,13H,2,4-5H2,1H3. The molecule has 1 N–H and O–H groups in total. The van der Waals surface area contributed by atoms with Gasteiger partial charge < -0.3 is 14.3 Å². The molecule has 5 heteroatoms. The van der Waals surface area contributed by atoms with Crippen LogP contribution in [0.1, 0.15) is 31.1 Å². The summed E-state index contributed by atoms with van der Waals surface area (Å²) in [4.78, 5) is 4.42. The normalized spacial score (nSPS) is 24.3. The fourth-order valence-corrected chi connectivity index (χ4v) is 2.49. The molecule has 0 amide bonds. The SMILES string of the molecule is CNC1CCCC1c1nc(-c2ccco2)no1. The molecule has 90 valence electrons. The summed E-state index contributed by atoms with van der Waals surface area (Å²) in [6.45, 7) is 0. The van der Waals surface area contributed by atoms with E-state index >= 15 is 0 Å². The Morgan fingerprint density at radius 3 is 3.12 bits per heavy atom. The van der Waals surface area contributed by atoms with Crippen LogP contribution < -0.4 is 5.32 Å². The quantitative estimate of drug-likeness (QED) is 0.880. The van der Waals surface area contributed by atoms with Gasteiger partial charge in [-0.15, -0.1) is 0 Å². The van der Waals surface area contributed by atoms with Gasteiger partial charge in [0.05, 0.1) is 12.2 Å². The summed E-state index contributed by atoms with van der Waals surface area (Å²) in [6, 6.07) is 4.09. The Morgan fingerprint density at radius 1 is 1.41 bits per heavy atom. The van der Waals surface area contributed by atoms with Crippen LogP contribution in [0.25, 0.3) is 11.6 Å². The number of hydrogen-bond donors (Lipinski definition) is 1. The van der Waals surface area contributed by atoms with Crippen molar-refractivity contribution in [3.05, 3.63) is 24.3 Å². The molecule has 1 saturated carbocycles. The number of likely N-dealkylation sites (N-methyl/N-ethyl adjacent to an activating group) is 1. The van der Waals surface area contributed by atoms with E-state index in [1.165, 1.54) is 12.8 Å². The van der Waals surface area contributed by atoms with Gasteiger partial charge in [-0.1, -0.05) is 11.6 Å². The topological polar surface area (TPSA) is 64.1 Å². The van der Waals surface area contributed by atoms with E-state index in [2.05, 4.69) is 15.5 Å². The highest BCUT2D eigenvalue weighted by atomic mass is 16.5. The van der Waals surface area contributed by atoms with E-state index in [1.807, 2.05) is 19.2 Å². The lowest BCUT2D eigenvalue weighted by atomic mass is 10.0. The maximum atomic E-state index is 5.34. The molecule has 2 unspecified atom stereocenters. The van der Waals surface area contributed by atoms with Crippen molar-refractivity contribution >= 4 is 0 Å². The smallest absolute Gasteiger partial charge is 0.238 e. The number of nitrogens with one attached hydrogen (secondary N) is 1.